The Morgan fingerprint density at radius 1 is 1.12 bits per heavy atom. The number of likely N-dealkylation sites (tertiary alicyclic amines) is 1. The summed E-state index contributed by atoms with van der Waals surface area (Å²) in [5.74, 6) is 1.74. The number of hydrogen-bond acceptors (Lipinski definition) is 4. The van der Waals surface area contributed by atoms with Crippen molar-refractivity contribution in [3.63, 3.8) is 0 Å². The molecule has 25 heavy (non-hydrogen) atoms. The van der Waals surface area contributed by atoms with Crippen LogP contribution in [0, 0.1) is 0 Å². The van der Waals surface area contributed by atoms with Crippen molar-refractivity contribution in [2.75, 3.05) is 26.4 Å². The second kappa shape index (κ2) is 7.46. The Morgan fingerprint density at radius 3 is 2.84 bits per heavy atom. The molecule has 132 valence electrons. The first-order valence-electron chi connectivity index (χ1n) is 9.20. The summed E-state index contributed by atoms with van der Waals surface area (Å²) < 4.78 is 10.8. The van der Waals surface area contributed by atoms with E-state index in [1.54, 1.807) is 0 Å². The van der Waals surface area contributed by atoms with Crippen LogP contribution in [0.25, 0.3) is 0 Å². The molecule has 0 saturated carbocycles. The summed E-state index contributed by atoms with van der Waals surface area (Å²) in [7, 11) is 0. The molecule has 1 N–H and O–H groups in total. The first kappa shape index (κ1) is 16.4. The van der Waals surface area contributed by atoms with Crippen LogP contribution in [-0.4, -0.2) is 37.4 Å². The summed E-state index contributed by atoms with van der Waals surface area (Å²) >= 11 is 0. The molecule has 4 nitrogen and oxygen atoms in total. The molecule has 0 unspecified atom stereocenters. The Labute approximate surface area is 149 Å². The van der Waals surface area contributed by atoms with Gasteiger partial charge in [0, 0.05) is 25.2 Å². The lowest BCUT2D eigenvalue weighted by molar-refractivity contribution is 0.174. The minimum Gasteiger partial charge on any atom is -0.454 e. The van der Waals surface area contributed by atoms with Crippen LogP contribution in [0.4, 0.5) is 0 Å². The maximum Gasteiger partial charge on any atom is 0.231 e. The van der Waals surface area contributed by atoms with Crippen LogP contribution in [0.15, 0.2) is 48.5 Å². The number of rotatable bonds is 6. The van der Waals surface area contributed by atoms with Gasteiger partial charge in [0.2, 0.25) is 6.79 Å². The van der Waals surface area contributed by atoms with E-state index in [1.165, 1.54) is 17.5 Å². The van der Waals surface area contributed by atoms with Crippen molar-refractivity contribution in [3.05, 3.63) is 59.7 Å². The van der Waals surface area contributed by atoms with E-state index in [0.717, 1.165) is 37.6 Å². The molecule has 4 rings (SSSR count). The molecule has 1 fully saturated rings. The molecular formula is C21H26N2O2. The minimum absolute atomic E-state index is 0.342. The lowest BCUT2D eigenvalue weighted by Gasteiger charge is -2.25. The predicted molar refractivity (Wildman–Crippen MR) is 99.1 cm³/mol. The second-order valence-corrected chi connectivity index (χ2v) is 6.96. The molecular weight excluding hydrogens is 312 g/mol. The fourth-order valence-electron chi connectivity index (χ4n) is 3.77. The number of hydrogen-bond donors (Lipinski definition) is 1. The fraction of sp³-hybridized carbons (Fsp3) is 0.429. The van der Waals surface area contributed by atoms with E-state index in [-0.39, 0.29) is 0 Å². The average molecular weight is 338 g/mol. The third-order valence-electron chi connectivity index (χ3n) is 5.33. The van der Waals surface area contributed by atoms with Crippen molar-refractivity contribution in [2.45, 2.75) is 31.8 Å². The van der Waals surface area contributed by atoms with E-state index >= 15 is 0 Å². The molecule has 0 spiro atoms. The van der Waals surface area contributed by atoms with E-state index in [1.807, 2.05) is 6.07 Å². The van der Waals surface area contributed by atoms with Crippen molar-refractivity contribution < 1.29 is 9.47 Å². The highest BCUT2D eigenvalue weighted by molar-refractivity contribution is 5.44. The molecule has 0 bridgehead atoms. The highest BCUT2D eigenvalue weighted by atomic mass is 16.7. The van der Waals surface area contributed by atoms with Crippen LogP contribution in [0.3, 0.4) is 0 Å². The van der Waals surface area contributed by atoms with E-state index in [0.29, 0.717) is 18.9 Å². The molecule has 4 heteroatoms. The number of nitrogens with one attached hydrogen (secondary N) is 1. The second-order valence-electron chi connectivity index (χ2n) is 6.96. The smallest absolute Gasteiger partial charge is 0.231 e. The maximum atomic E-state index is 5.45. The van der Waals surface area contributed by atoms with Crippen LogP contribution >= 0.6 is 0 Å². The van der Waals surface area contributed by atoms with Gasteiger partial charge in [0.05, 0.1) is 0 Å². The molecule has 2 atom stereocenters. The quantitative estimate of drug-likeness (QED) is 0.875. The fourth-order valence-corrected chi connectivity index (χ4v) is 3.77. The Kier molecular flexibility index (Phi) is 4.90. The van der Waals surface area contributed by atoms with Gasteiger partial charge in [0.1, 0.15) is 0 Å². The SMILES string of the molecule is C[C@@H](c1ccccc1)N1CC[C@@H](NCCc2ccc3c(c2)OCO3)C1. The Bertz CT molecular complexity index is 704. The van der Waals surface area contributed by atoms with Gasteiger partial charge in [0.25, 0.3) is 0 Å². The highest BCUT2D eigenvalue weighted by Gasteiger charge is 2.26. The van der Waals surface area contributed by atoms with Crippen molar-refractivity contribution in [2.24, 2.45) is 0 Å². The van der Waals surface area contributed by atoms with Gasteiger partial charge in [-0.1, -0.05) is 36.4 Å². The summed E-state index contributed by atoms with van der Waals surface area (Å²) in [6.07, 6.45) is 2.24. The monoisotopic (exact) mass is 338 g/mol. The van der Waals surface area contributed by atoms with Crippen LogP contribution in [0.5, 0.6) is 11.5 Å². The highest BCUT2D eigenvalue weighted by Crippen LogP contribution is 2.32. The number of fused-ring (bicyclic) bond motifs is 1. The Morgan fingerprint density at radius 2 is 1.96 bits per heavy atom. The lowest BCUT2D eigenvalue weighted by atomic mass is 10.1. The number of ether oxygens (including phenoxy) is 2. The molecule has 0 radical (unpaired) electrons. The topological polar surface area (TPSA) is 33.7 Å². The molecule has 0 aliphatic carbocycles. The third kappa shape index (κ3) is 3.80. The van der Waals surface area contributed by atoms with Gasteiger partial charge in [-0.05, 0) is 49.6 Å². The molecule has 2 heterocycles. The van der Waals surface area contributed by atoms with Crippen LogP contribution in [0.1, 0.15) is 30.5 Å². The van der Waals surface area contributed by atoms with E-state index in [9.17, 15) is 0 Å². The van der Waals surface area contributed by atoms with Gasteiger partial charge in [-0.3, -0.25) is 4.90 Å². The van der Waals surface area contributed by atoms with Gasteiger partial charge in [0.15, 0.2) is 11.5 Å². The van der Waals surface area contributed by atoms with Crippen molar-refractivity contribution in [1.82, 2.24) is 10.2 Å². The lowest BCUT2D eigenvalue weighted by Crippen LogP contribution is -2.34. The zero-order valence-electron chi connectivity index (χ0n) is 14.8. The zero-order valence-corrected chi connectivity index (χ0v) is 14.8. The summed E-state index contributed by atoms with van der Waals surface area (Å²) in [6.45, 7) is 5.94. The Hall–Kier alpha value is -2.04. The minimum atomic E-state index is 0.342. The van der Waals surface area contributed by atoms with Crippen LogP contribution in [-0.2, 0) is 6.42 Å². The summed E-state index contributed by atoms with van der Waals surface area (Å²) in [5.41, 5.74) is 2.70. The number of benzene rings is 2. The standard InChI is InChI=1S/C21H26N2O2/c1-16(18-5-3-2-4-6-18)23-12-10-19(14-23)22-11-9-17-7-8-20-21(13-17)25-15-24-20/h2-8,13,16,19,22H,9-12,14-15H2,1H3/t16-,19+/m0/s1. The summed E-state index contributed by atoms with van der Waals surface area (Å²) in [6, 6.07) is 18.1. The first-order valence-corrected chi connectivity index (χ1v) is 9.20. The van der Waals surface area contributed by atoms with Gasteiger partial charge in [-0.25, -0.2) is 0 Å². The normalized spacial score (nSPS) is 20.8. The van der Waals surface area contributed by atoms with Crippen molar-refractivity contribution in [1.29, 1.82) is 0 Å². The van der Waals surface area contributed by atoms with Gasteiger partial charge in [-0.15, -0.1) is 0 Å². The zero-order chi connectivity index (χ0) is 17.1. The molecule has 1 saturated heterocycles. The molecule has 2 aliphatic rings. The van der Waals surface area contributed by atoms with Crippen LogP contribution < -0.4 is 14.8 Å². The van der Waals surface area contributed by atoms with E-state index in [4.69, 9.17) is 9.47 Å². The molecule has 0 aromatic heterocycles. The summed E-state index contributed by atoms with van der Waals surface area (Å²) in [4.78, 5) is 2.58. The van der Waals surface area contributed by atoms with Gasteiger partial charge in [-0.2, -0.15) is 0 Å². The van der Waals surface area contributed by atoms with Gasteiger partial charge >= 0.3 is 0 Å². The van der Waals surface area contributed by atoms with Gasteiger partial charge < -0.3 is 14.8 Å². The first-order chi connectivity index (χ1) is 12.3. The average Bonchev–Trinajstić information content (AvgIpc) is 3.31. The third-order valence-corrected chi connectivity index (χ3v) is 5.33. The van der Waals surface area contributed by atoms with E-state index < -0.39 is 0 Å². The maximum absolute atomic E-state index is 5.45. The largest absolute Gasteiger partial charge is 0.454 e. The Balaban J connectivity index is 1.24. The number of nitrogens with zero attached hydrogens (tertiary/aromatic N) is 1. The van der Waals surface area contributed by atoms with Crippen LogP contribution in [0.2, 0.25) is 0 Å². The predicted octanol–water partition coefficient (Wildman–Crippen LogP) is 3.38. The van der Waals surface area contributed by atoms with E-state index in [2.05, 4.69) is 59.6 Å². The molecule has 2 aromatic carbocycles. The van der Waals surface area contributed by atoms with Crippen molar-refractivity contribution in [3.8, 4) is 11.5 Å². The molecule has 0 amide bonds. The van der Waals surface area contributed by atoms with Crippen molar-refractivity contribution >= 4 is 0 Å². The molecule has 2 aliphatic heterocycles. The molecule has 2 aromatic rings. The summed E-state index contributed by atoms with van der Waals surface area (Å²) in [5, 5.41) is 3.72.